The maximum absolute atomic E-state index is 10.7. The van der Waals surface area contributed by atoms with Gasteiger partial charge in [-0.05, 0) is 46.7 Å². The molecule has 76 valence electrons. The third-order valence-electron chi connectivity index (χ3n) is 1.83. The average molecular weight is 306 g/mol. The van der Waals surface area contributed by atoms with Crippen LogP contribution in [0.15, 0.2) is 18.2 Å². The molecule has 0 unspecified atom stereocenters. The lowest BCUT2D eigenvalue weighted by molar-refractivity contribution is -0.119. The van der Waals surface area contributed by atoms with Gasteiger partial charge < -0.3 is 16.6 Å². The quantitative estimate of drug-likeness (QED) is 0.704. The van der Waals surface area contributed by atoms with E-state index in [1.807, 2.05) is 22.6 Å². The summed E-state index contributed by atoms with van der Waals surface area (Å²) in [4.78, 5) is 10.7. The molecule has 14 heavy (non-hydrogen) atoms. The number of amides is 1. The Balaban J connectivity index is 2.78. The monoisotopic (exact) mass is 306 g/mol. The zero-order valence-corrected chi connectivity index (χ0v) is 9.56. The van der Waals surface area contributed by atoms with E-state index < -0.39 is 11.9 Å². The third-order valence-corrected chi connectivity index (χ3v) is 2.70. The molecular weight excluding hydrogens is 295 g/mol. The van der Waals surface area contributed by atoms with Crippen molar-refractivity contribution in [3.8, 4) is 5.75 Å². The molecule has 0 heterocycles. The number of primary amides is 1. The van der Waals surface area contributed by atoms with Crippen molar-refractivity contribution in [2.24, 2.45) is 11.5 Å². The Morgan fingerprint density at radius 3 is 2.71 bits per heavy atom. The third kappa shape index (κ3) is 2.85. The van der Waals surface area contributed by atoms with E-state index in [0.29, 0.717) is 6.42 Å². The minimum Gasteiger partial charge on any atom is -0.507 e. The number of phenolic OH excluding ortho intramolecular Hbond substituents is 1. The molecule has 0 aliphatic rings. The van der Waals surface area contributed by atoms with Crippen LogP contribution >= 0.6 is 22.6 Å². The summed E-state index contributed by atoms with van der Waals surface area (Å²) in [5.41, 5.74) is 11.4. The van der Waals surface area contributed by atoms with E-state index >= 15 is 0 Å². The molecule has 0 bridgehead atoms. The van der Waals surface area contributed by atoms with Gasteiger partial charge in [0.2, 0.25) is 5.91 Å². The Morgan fingerprint density at radius 1 is 1.57 bits per heavy atom. The van der Waals surface area contributed by atoms with E-state index in [9.17, 15) is 9.90 Å². The van der Waals surface area contributed by atoms with Gasteiger partial charge in [0, 0.05) is 0 Å². The number of rotatable bonds is 3. The van der Waals surface area contributed by atoms with Crippen LogP contribution < -0.4 is 11.5 Å². The molecule has 0 radical (unpaired) electrons. The van der Waals surface area contributed by atoms with Crippen LogP contribution in [0, 0.1) is 3.57 Å². The lowest BCUT2D eigenvalue weighted by atomic mass is 10.1. The Bertz CT molecular complexity index is 355. The summed E-state index contributed by atoms with van der Waals surface area (Å²) in [6.45, 7) is 0. The van der Waals surface area contributed by atoms with E-state index in [-0.39, 0.29) is 5.75 Å². The molecule has 0 aromatic heterocycles. The predicted octanol–water partition coefficient (Wildman–Crippen LogP) is 0.352. The van der Waals surface area contributed by atoms with Crippen molar-refractivity contribution in [1.82, 2.24) is 0 Å². The second-order valence-electron chi connectivity index (χ2n) is 3.00. The van der Waals surface area contributed by atoms with E-state index in [2.05, 4.69) is 0 Å². The van der Waals surface area contributed by atoms with Crippen LogP contribution in [0.2, 0.25) is 0 Å². The molecule has 1 aromatic rings. The first kappa shape index (κ1) is 11.3. The van der Waals surface area contributed by atoms with Crippen LogP contribution in [0.3, 0.4) is 0 Å². The molecule has 1 atom stereocenters. The summed E-state index contributed by atoms with van der Waals surface area (Å²) in [7, 11) is 0. The number of aromatic hydroxyl groups is 1. The minimum absolute atomic E-state index is 0.224. The summed E-state index contributed by atoms with van der Waals surface area (Å²) < 4.78 is 0.733. The van der Waals surface area contributed by atoms with Crippen molar-refractivity contribution in [1.29, 1.82) is 0 Å². The molecule has 0 aliphatic carbocycles. The molecule has 4 nitrogen and oxygen atoms in total. The molecular formula is C9H11IN2O2. The summed E-state index contributed by atoms with van der Waals surface area (Å²) in [5.74, 6) is -0.296. The van der Waals surface area contributed by atoms with Crippen LogP contribution in [0.25, 0.3) is 0 Å². The number of carbonyl (C=O) groups excluding carboxylic acids is 1. The molecule has 0 aliphatic heterocycles. The first-order valence-electron chi connectivity index (χ1n) is 4.03. The SMILES string of the molecule is NC(=O)[C@@H](N)Cc1ccc(O)c(I)c1. The van der Waals surface area contributed by atoms with E-state index in [1.54, 1.807) is 18.2 Å². The van der Waals surface area contributed by atoms with Crippen LogP contribution in [0.1, 0.15) is 5.56 Å². The smallest absolute Gasteiger partial charge is 0.234 e. The number of nitrogens with two attached hydrogens (primary N) is 2. The number of phenols is 1. The zero-order chi connectivity index (χ0) is 10.7. The molecule has 5 N–H and O–H groups in total. The van der Waals surface area contributed by atoms with Crippen molar-refractivity contribution in [3.05, 3.63) is 27.3 Å². The standard InChI is InChI=1S/C9H11IN2O2/c10-6-3-5(1-2-8(6)13)4-7(11)9(12)14/h1-3,7,13H,4,11H2,(H2,12,14)/t7-/m0/s1. The Hall–Kier alpha value is -0.820. The molecule has 0 spiro atoms. The van der Waals surface area contributed by atoms with E-state index in [0.717, 1.165) is 9.13 Å². The van der Waals surface area contributed by atoms with Crippen molar-refractivity contribution < 1.29 is 9.90 Å². The van der Waals surface area contributed by atoms with Gasteiger partial charge in [-0.15, -0.1) is 0 Å². The lowest BCUT2D eigenvalue weighted by Crippen LogP contribution is -2.38. The van der Waals surface area contributed by atoms with Crippen molar-refractivity contribution in [2.75, 3.05) is 0 Å². The van der Waals surface area contributed by atoms with Gasteiger partial charge in [-0.25, -0.2) is 0 Å². The zero-order valence-electron chi connectivity index (χ0n) is 7.40. The van der Waals surface area contributed by atoms with Gasteiger partial charge in [-0.3, -0.25) is 4.79 Å². The van der Waals surface area contributed by atoms with Gasteiger partial charge in [-0.1, -0.05) is 6.07 Å². The molecule has 0 fully saturated rings. The minimum atomic E-state index is -0.671. The number of halogens is 1. The fourth-order valence-electron chi connectivity index (χ4n) is 1.03. The first-order valence-corrected chi connectivity index (χ1v) is 5.11. The number of hydrogen-bond donors (Lipinski definition) is 3. The van der Waals surface area contributed by atoms with Crippen molar-refractivity contribution >= 4 is 28.5 Å². The number of carbonyl (C=O) groups is 1. The Morgan fingerprint density at radius 2 is 2.21 bits per heavy atom. The first-order chi connectivity index (χ1) is 6.50. The number of benzene rings is 1. The fraction of sp³-hybridized carbons (Fsp3) is 0.222. The fourth-order valence-corrected chi connectivity index (χ4v) is 1.61. The molecule has 0 saturated carbocycles. The molecule has 5 heteroatoms. The molecule has 1 rings (SSSR count). The highest BCUT2D eigenvalue weighted by Crippen LogP contribution is 2.20. The van der Waals surface area contributed by atoms with Gasteiger partial charge in [0.25, 0.3) is 0 Å². The number of hydrogen-bond acceptors (Lipinski definition) is 3. The predicted molar refractivity (Wildman–Crippen MR) is 61.7 cm³/mol. The van der Waals surface area contributed by atoms with Gasteiger partial charge in [0.15, 0.2) is 0 Å². The van der Waals surface area contributed by atoms with Crippen LogP contribution in [-0.4, -0.2) is 17.1 Å². The summed E-state index contributed by atoms with van der Waals surface area (Å²) in [6, 6.07) is 4.40. The van der Waals surface area contributed by atoms with E-state index in [1.165, 1.54) is 0 Å². The van der Waals surface area contributed by atoms with Crippen LogP contribution in [0.4, 0.5) is 0 Å². The highest BCUT2D eigenvalue weighted by Gasteiger charge is 2.10. The van der Waals surface area contributed by atoms with Crippen LogP contribution in [0.5, 0.6) is 5.75 Å². The second kappa shape index (κ2) is 4.61. The lowest BCUT2D eigenvalue weighted by Gasteiger charge is -2.07. The van der Waals surface area contributed by atoms with Crippen molar-refractivity contribution in [3.63, 3.8) is 0 Å². The summed E-state index contributed by atoms with van der Waals surface area (Å²) in [6.07, 6.45) is 0.394. The highest BCUT2D eigenvalue weighted by molar-refractivity contribution is 14.1. The highest BCUT2D eigenvalue weighted by atomic mass is 127. The van der Waals surface area contributed by atoms with Gasteiger partial charge in [-0.2, -0.15) is 0 Å². The second-order valence-corrected chi connectivity index (χ2v) is 4.16. The Kier molecular flexibility index (Phi) is 3.70. The maximum Gasteiger partial charge on any atom is 0.234 e. The summed E-state index contributed by atoms with van der Waals surface area (Å²) in [5, 5.41) is 9.26. The van der Waals surface area contributed by atoms with Gasteiger partial charge >= 0.3 is 0 Å². The normalized spacial score (nSPS) is 12.4. The van der Waals surface area contributed by atoms with Crippen molar-refractivity contribution in [2.45, 2.75) is 12.5 Å². The summed E-state index contributed by atoms with van der Waals surface area (Å²) >= 11 is 2.01. The van der Waals surface area contributed by atoms with Gasteiger partial charge in [0.05, 0.1) is 9.61 Å². The Labute approximate surface area is 95.4 Å². The molecule has 0 saturated heterocycles. The van der Waals surface area contributed by atoms with E-state index in [4.69, 9.17) is 11.5 Å². The van der Waals surface area contributed by atoms with Gasteiger partial charge in [0.1, 0.15) is 5.75 Å². The largest absolute Gasteiger partial charge is 0.507 e. The average Bonchev–Trinajstić information content (AvgIpc) is 2.11. The maximum atomic E-state index is 10.7. The molecule has 1 aromatic carbocycles. The molecule has 1 amide bonds. The topological polar surface area (TPSA) is 89.3 Å². The van der Waals surface area contributed by atoms with Crippen LogP contribution in [-0.2, 0) is 11.2 Å².